The molecule has 0 saturated carbocycles. The molecule has 5 nitrogen and oxygen atoms in total. The SMILES string of the molecule is Cc1cccc(COc2ccc(C=C(C#N)c3cccc([N+](=O)[O-])c3)cc2I)c1. The summed E-state index contributed by atoms with van der Waals surface area (Å²) in [4.78, 5) is 10.5. The second kappa shape index (κ2) is 9.34. The molecule has 0 aliphatic rings. The average molecular weight is 496 g/mol. The Morgan fingerprint density at radius 1 is 1.17 bits per heavy atom. The molecule has 3 aromatic carbocycles. The number of rotatable bonds is 6. The Morgan fingerprint density at radius 3 is 2.66 bits per heavy atom. The molecule has 0 unspecified atom stereocenters. The molecule has 0 N–H and O–H groups in total. The predicted molar refractivity (Wildman–Crippen MR) is 121 cm³/mol. The van der Waals surface area contributed by atoms with E-state index in [-0.39, 0.29) is 5.69 Å². The smallest absolute Gasteiger partial charge is 0.270 e. The molecule has 0 spiro atoms. The van der Waals surface area contributed by atoms with Crippen LogP contribution in [0.25, 0.3) is 11.6 Å². The molecule has 0 aliphatic heterocycles. The Morgan fingerprint density at radius 2 is 1.97 bits per heavy atom. The van der Waals surface area contributed by atoms with E-state index in [2.05, 4.69) is 34.7 Å². The highest BCUT2D eigenvalue weighted by Gasteiger charge is 2.10. The zero-order valence-electron chi connectivity index (χ0n) is 15.6. The summed E-state index contributed by atoms with van der Waals surface area (Å²) < 4.78 is 6.84. The molecule has 3 aromatic rings. The largest absolute Gasteiger partial charge is 0.488 e. The van der Waals surface area contributed by atoms with Crippen molar-refractivity contribution in [2.45, 2.75) is 13.5 Å². The number of hydrogen-bond acceptors (Lipinski definition) is 4. The summed E-state index contributed by atoms with van der Waals surface area (Å²) in [5.41, 5.74) is 3.93. The number of allylic oxidation sites excluding steroid dienone is 1. The van der Waals surface area contributed by atoms with Gasteiger partial charge in [0.05, 0.1) is 20.1 Å². The zero-order valence-corrected chi connectivity index (χ0v) is 17.8. The summed E-state index contributed by atoms with van der Waals surface area (Å²) in [5, 5.41) is 20.5. The summed E-state index contributed by atoms with van der Waals surface area (Å²) in [7, 11) is 0. The van der Waals surface area contributed by atoms with Gasteiger partial charge in [-0.05, 0) is 64.4 Å². The number of nitro groups is 1. The van der Waals surface area contributed by atoms with Gasteiger partial charge in [0.25, 0.3) is 5.69 Å². The van der Waals surface area contributed by atoms with Crippen molar-refractivity contribution in [2.24, 2.45) is 0 Å². The van der Waals surface area contributed by atoms with Crippen molar-refractivity contribution in [1.29, 1.82) is 5.26 Å². The lowest BCUT2D eigenvalue weighted by molar-refractivity contribution is -0.384. The lowest BCUT2D eigenvalue weighted by atomic mass is 10.0. The lowest BCUT2D eigenvalue weighted by Crippen LogP contribution is -1.97. The topological polar surface area (TPSA) is 76.2 Å². The lowest BCUT2D eigenvalue weighted by Gasteiger charge is -2.10. The maximum Gasteiger partial charge on any atom is 0.270 e. The van der Waals surface area contributed by atoms with Crippen molar-refractivity contribution in [1.82, 2.24) is 0 Å². The first kappa shape index (κ1) is 20.6. The summed E-state index contributed by atoms with van der Waals surface area (Å²) >= 11 is 2.20. The van der Waals surface area contributed by atoms with E-state index in [1.807, 2.05) is 43.3 Å². The highest BCUT2D eigenvalue weighted by atomic mass is 127. The van der Waals surface area contributed by atoms with Crippen LogP contribution in [0.3, 0.4) is 0 Å². The number of nitro benzene ring substituents is 1. The van der Waals surface area contributed by atoms with Crippen LogP contribution in [0.4, 0.5) is 5.69 Å². The van der Waals surface area contributed by atoms with E-state index in [4.69, 9.17) is 4.74 Å². The number of nitriles is 1. The third-order valence-corrected chi connectivity index (χ3v) is 5.08. The van der Waals surface area contributed by atoms with Gasteiger partial charge in [0.1, 0.15) is 12.4 Å². The number of hydrogen-bond donors (Lipinski definition) is 0. The molecule has 3 rings (SSSR count). The van der Waals surface area contributed by atoms with Crippen LogP contribution in [0.1, 0.15) is 22.3 Å². The van der Waals surface area contributed by atoms with Crippen LogP contribution in [0.2, 0.25) is 0 Å². The highest BCUT2D eigenvalue weighted by Crippen LogP contribution is 2.27. The maximum atomic E-state index is 11.0. The molecule has 0 saturated heterocycles. The zero-order chi connectivity index (χ0) is 20.8. The Labute approximate surface area is 182 Å². The third kappa shape index (κ3) is 5.42. The van der Waals surface area contributed by atoms with E-state index in [1.54, 1.807) is 18.2 Å². The maximum absolute atomic E-state index is 11.0. The van der Waals surface area contributed by atoms with Gasteiger partial charge in [-0.3, -0.25) is 10.1 Å². The molecule has 0 amide bonds. The molecule has 0 fully saturated rings. The van der Waals surface area contributed by atoms with Gasteiger partial charge in [0.15, 0.2) is 0 Å². The number of ether oxygens (including phenoxy) is 1. The minimum absolute atomic E-state index is 0.0434. The monoisotopic (exact) mass is 496 g/mol. The van der Waals surface area contributed by atoms with Gasteiger partial charge in [-0.25, -0.2) is 0 Å². The Bertz CT molecular complexity index is 1130. The molecule has 0 heterocycles. The quantitative estimate of drug-likeness (QED) is 0.135. The van der Waals surface area contributed by atoms with Gasteiger partial charge in [0, 0.05) is 12.1 Å². The average Bonchev–Trinajstić information content (AvgIpc) is 2.71. The number of non-ortho nitro benzene ring substituents is 1. The molecule has 29 heavy (non-hydrogen) atoms. The van der Waals surface area contributed by atoms with Crippen molar-refractivity contribution in [2.75, 3.05) is 0 Å². The summed E-state index contributed by atoms with van der Waals surface area (Å²) in [6, 6.07) is 22.0. The van der Waals surface area contributed by atoms with Gasteiger partial charge >= 0.3 is 0 Å². The van der Waals surface area contributed by atoms with Crippen LogP contribution < -0.4 is 4.74 Å². The standard InChI is InChI=1S/C23H17IN2O3/c1-16-4-2-5-18(10-16)15-29-23-9-8-17(12-22(23)24)11-20(14-25)19-6-3-7-21(13-19)26(27)28/h2-13H,15H2,1H3. The van der Waals surface area contributed by atoms with E-state index in [0.717, 1.165) is 20.4 Å². The molecule has 0 atom stereocenters. The van der Waals surface area contributed by atoms with Crippen LogP contribution in [0.5, 0.6) is 5.75 Å². The predicted octanol–water partition coefficient (Wildman–Crippen LogP) is 6.15. The fourth-order valence-corrected chi connectivity index (χ4v) is 3.52. The third-order valence-electron chi connectivity index (χ3n) is 4.23. The van der Waals surface area contributed by atoms with Crippen LogP contribution in [0, 0.1) is 31.9 Å². The molecule has 144 valence electrons. The van der Waals surface area contributed by atoms with Crippen LogP contribution in [-0.4, -0.2) is 4.92 Å². The van der Waals surface area contributed by atoms with E-state index in [9.17, 15) is 15.4 Å². The first-order valence-corrected chi connectivity index (χ1v) is 9.88. The molecular formula is C23H17IN2O3. The summed E-state index contributed by atoms with van der Waals surface area (Å²) in [6.45, 7) is 2.52. The van der Waals surface area contributed by atoms with Crippen LogP contribution in [-0.2, 0) is 6.61 Å². The van der Waals surface area contributed by atoms with Crippen molar-refractivity contribution >= 4 is 39.9 Å². The normalized spacial score (nSPS) is 11.0. The molecule has 0 aliphatic carbocycles. The van der Waals surface area contributed by atoms with Crippen LogP contribution in [0.15, 0.2) is 66.7 Å². The van der Waals surface area contributed by atoms with E-state index < -0.39 is 4.92 Å². The molecule has 0 aromatic heterocycles. The van der Waals surface area contributed by atoms with E-state index >= 15 is 0 Å². The van der Waals surface area contributed by atoms with Crippen molar-refractivity contribution in [3.05, 3.63) is 103 Å². The highest BCUT2D eigenvalue weighted by molar-refractivity contribution is 14.1. The number of halogens is 1. The fraction of sp³-hybridized carbons (Fsp3) is 0.0870. The number of nitrogens with zero attached hydrogens (tertiary/aromatic N) is 2. The fourth-order valence-electron chi connectivity index (χ4n) is 2.82. The Kier molecular flexibility index (Phi) is 6.62. The number of benzene rings is 3. The van der Waals surface area contributed by atoms with Crippen molar-refractivity contribution in [3.8, 4) is 11.8 Å². The second-order valence-corrected chi connectivity index (χ2v) is 7.61. The first-order valence-electron chi connectivity index (χ1n) is 8.81. The van der Waals surface area contributed by atoms with E-state index in [0.29, 0.717) is 17.7 Å². The molecule has 0 bridgehead atoms. The van der Waals surface area contributed by atoms with Gasteiger partial charge in [-0.15, -0.1) is 0 Å². The minimum atomic E-state index is -0.470. The molecule has 0 radical (unpaired) electrons. The first-order chi connectivity index (χ1) is 14.0. The minimum Gasteiger partial charge on any atom is -0.488 e. The summed E-state index contributed by atoms with van der Waals surface area (Å²) in [5.74, 6) is 0.762. The Balaban J connectivity index is 1.80. The van der Waals surface area contributed by atoms with Gasteiger partial charge < -0.3 is 4.74 Å². The second-order valence-electron chi connectivity index (χ2n) is 6.44. The van der Waals surface area contributed by atoms with Crippen molar-refractivity contribution in [3.63, 3.8) is 0 Å². The van der Waals surface area contributed by atoms with Gasteiger partial charge in [0.2, 0.25) is 0 Å². The van der Waals surface area contributed by atoms with Crippen LogP contribution >= 0.6 is 22.6 Å². The summed E-state index contributed by atoms with van der Waals surface area (Å²) in [6.07, 6.45) is 1.71. The molecular weight excluding hydrogens is 479 g/mol. The molecule has 6 heteroatoms. The van der Waals surface area contributed by atoms with E-state index in [1.165, 1.54) is 17.7 Å². The Hall–Kier alpha value is -3.18. The van der Waals surface area contributed by atoms with Gasteiger partial charge in [-0.1, -0.05) is 48.0 Å². The van der Waals surface area contributed by atoms with Gasteiger partial charge in [-0.2, -0.15) is 5.26 Å². The number of aryl methyl sites for hydroxylation is 1. The van der Waals surface area contributed by atoms with Crippen molar-refractivity contribution < 1.29 is 9.66 Å².